The second kappa shape index (κ2) is 7.27. The summed E-state index contributed by atoms with van der Waals surface area (Å²) < 4.78 is 16.1. The fourth-order valence-electron chi connectivity index (χ4n) is 2.82. The van der Waals surface area contributed by atoms with Crippen molar-refractivity contribution in [1.29, 1.82) is 0 Å². The fourth-order valence-corrected chi connectivity index (χ4v) is 2.82. The Kier molecular flexibility index (Phi) is 5.39. The van der Waals surface area contributed by atoms with E-state index in [1.54, 1.807) is 21.3 Å². The van der Waals surface area contributed by atoms with Crippen LogP contribution in [0.4, 0.5) is 5.69 Å². The summed E-state index contributed by atoms with van der Waals surface area (Å²) in [6.07, 6.45) is 7.79. The lowest BCUT2D eigenvalue weighted by Gasteiger charge is -2.20. The lowest BCUT2D eigenvalue weighted by atomic mass is 10.1. The molecular weight excluding hydrogens is 254 g/mol. The molecule has 0 heterocycles. The number of benzene rings is 1. The standard InChI is InChI=1S/C16H25NO3/c1-18-14-10-13(11-15(19-2)16(14)20-3)17-12-8-6-4-5-7-9-12/h10-12,17H,4-9H2,1-3H3. The van der Waals surface area contributed by atoms with Gasteiger partial charge in [0.2, 0.25) is 5.75 Å². The SMILES string of the molecule is COc1cc(NC2CCCCCC2)cc(OC)c1OC. The van der Waals surface area contributed by atoms with E-state index in [1.165, 1.54) is 38.5 Å². The monoisotopic (exact) mass is 279 g/mol. The maximum absolute atomic E-state index is 5.39. The van der Waals surface area contributed by atoms with Gasteiger partial charge in [-0.3, -0.25) is 0 Å². The Labute approximate surface area is 121 Å². The van der Waals surface area contributed by atoms with Crippen molar-refractivity contribution in [3.8, 4) is 17.2 Å². The quantitative estimate of drug-likeness (QED) is 0.831. The summed E-state index contributed by atoms with van der Waals surface area (Å²) in [5, 5.41) is 3.61. The second-order valence-corrected chi connectivity index (χ2v) is 5.25. The average Bonchev–Trinajstić information content (AvgIpc) is 2.74. The van der Waals surface area contributed by atoms with Crippen LogP contribution in [0.2, 0.25) is 0 Å². The topological polar surface area (TPSA) is 39.7 Å². The van der Waals surface area contributed by atoms with Crippen molar-refractivity contribution in [2.75, 3.05) is 26.6 Å². The van der Waals surface area contributed by atoms with Crippen molar-refractivity contribution in [3.05, 3.63) is 12.1 Å². The highest BCUT2D eigenvalue weighted by Gasteiger charge is 2.16. The molecule has 1 aliphatic rings. The zero-order valence-electron chi connectivity index (χ0n) is 12.7. The molecule has 2 rings (SSSR count). The van der Waals surface area contributed by atoms with E-state index in [9.17, 15) is 0 Å². The molecule has 4 heteroatoms. The van der Waals surface area contributed by atoms with Crippen molar-refractivity contribution in [2.24, 2.45) is 0 Å². The molecule has 1 fully saturated rings. The van der Waals surface area contributed by atoms with Crippen molar-refractivity contribution in [3.63, 3.8) is 0 Å². The van der Waals surface area contributed by atoms with E-state index in [1.807, 2.05) is 12.1 Å². The van der Waals surface area contributed by atoms with Gasteiger partial charge < -0.3 is 19.5 Å². The van der Waals surface area contributed by atoms with Gasteiger partial charge in [-0.15, -0.1) is 0 Å². The number of methoxy groups -OCH3 is 3. The molecule has 0 spiro atoms. The van der Waals surface area contributed by atoms with E-state index in [-0.39, 0.29) is 0 Å². The number of nitrogens with one attached hydrogen (secondary N) is 1. The molecule has 1 aliphatic carbocycles. The summed E-state index contributed by atoms with van der Waals surface area (Å²) in [6, 6.07) is 4.50. The zero-order chi connectivity index (χ0) is 14.4. The lowest BCUT2D eigenvalue weighted by molar-refractivity contribution is 0.324. The molecule has 0 radical (unpaired) electrons. The highest BCUT2D eigenvalue weighted by molar-refractivity contribution is 5.62. The van der Waals surface area contributed by atoms with Gasteiger partial charge in [0.05, 0.1) is 21.3 Å². The van der Waals surface area contributed by atoms with Gasteiger partial charge in [-0.1, -0.05) is 25.7 Å². The predicted molar refractivity (Wildman–Crippen MR) is 81.2 cm³/mol. The van der Waals surface area contributed by atoms with Gasteiger partial charge in [-0.05, 0) is 12.8 Å². The molecule has 0 unspecified atom stereocenters. The normalized spacial score (nSPS) is 16.4. The number of hydrogen-bond donors (Lipinski definition) is 1. The van der Waals surface area contributed by atoms with E-state index in [4.69, 9.17) is 14.2 Å². The van der Waals surface area contributed by atoms with Crippen molar-refractivity contribution in [1.82, 2.24) is 0 Å². The van der Waals surface area contributed by atoms with Gasteiger partial charge in [-0.2, -0.15) is 0 Å². The third-order valence-corrected chi connectivity index (χ3v) is 3.89. The Morgan fingerprint density at radius 3 is 1.85 bits per heavy atom. The number of ether oxygens (including phenoxy) is 3. The molecule has 0 atom stereocenters. The largest absolute Gasteiger partial charge is 0.493 e. The minimum absolute atomic E-state index is 0.542. The van der Waals surface area contributed by atoms with Crippen molar-refractivity contribution in [2.45, 2.75) is 44.6 Å². The fraction of sp³-hybridized carbons (Fsp3) is 0.625. The van der Waals surface area contributed by atoms with Crippen LogP contribution < -0.4 is 19.5 Å². The van der Waals surface area contributed by atoms with Crippen LogP contribution in [0.3, 0.4) is 0 Å². The van der Waals surface area contributed by atoms with E-state index < -0.39 is 0 Å². The van der Waals surface area contributed by atoms with Crippen molar-refractivity contribution >= 4 is 5.69 Å². The van der Waals surface area contributed by atoms with E-state index in [0.29, 0.717) is 23.3 Å². The smallest absolute Gasteiger partial charge is 0.203 e. The van der Waals surface area contributed by atoms with E-state index >= 15 is 0 Å². The van der Waals surface area contributed by atoms with Gasteiger partial charge in [0.1, 0.15) is 0 Å². The Hall–Kier alpha value is -1.58. The zero-order valence-corrected chi connectivity index (χ0v) is 12.7. The summed E-state index contributed by atoms with van der Waals surface area (Å²) in [6.45, 7) is 0. The van der Waals surface area contributed by atoms with Crippen LogP contribution >= 0.6 is 0 Å². The van der Waals surface area contributed by atoms with Gasteiger partial charge in [0.15, 0.2) is 11.5 Å². The third-order valence-electron chi connectivity index (χ3n) is 3.89. The molecule has 1 aromatic rings. The van der Waals surface area contributed by atoms with Gasteiger partial charge >= 0.3 is 0 Å². The first-order valence-corrected chi connectivity index (χ1v) is 7.35. The molecule has 20 heavy (non-hydrogen) atoms. The number of hydrogen-bond acceptors (Lipinski definition) is 4. The van der Waals surface area contributed by atoms with Crippen LogP contribution in [-0.4, -0.2) is 27.4 Å². The van der Waals surface area contributed by atoms with Gasteiger partial charge in [0, 0.05) is 23.9 Å². The minimum atomic E-state index is 0.542. The molecular formula is C16H25NO3. The first-order chi connectivity index (χ1) is 9.78. The summed E-state index contributed by atoms with van der Waals surface area (Å²) in [5.41, 5.74) is 1.03. The Morgan fingerprint density at radius 1 is 0.850 bits per heavy atom. The minimum Gasteiger partial charge on any atom is -0.493 e. The lowest BCUT2D eigenvalue weighted by Crippen LogP contribution is -2.18. The molecule has 0 aromatic heterocycles. The summed E-state index contributed by atoms with van der Waals surface area (Å²) in [5.74, 6) is 2.03. The van der Waals surface area contributed by atoms with Crippen LogP contribution in [0.5, 0.6) is 17.2 Å². The highest BCUT2D eigenvalue weighted by atomic mass is 16.5. The van der Waals surface area contributed by atoms with E-state index in [2.05, 4.69) is 5.32 Å². The summed E-state index contributed by atoms with van der Waals surface area (Å²) >= 11 is 0. The molecule has 1 aromatic carbocycles. The van der Waals surface area contributed by atoms with Crippen LogP contribution in [0, 0.1) is 0 Å². The first-order valence-electron chi connectivity index (χ1n) is 7.35. The Balaban J connectivity index is 2.18. The number of anilines is 1. The second-order valence-electron chi connectivity index (χ2n) is 5.25. The Morgan fingerprint density at radius 2 is 1.40 bits per heavy atom. The van der Waals surface area contributed by atoms with Crippen molar-refractivity contribution < 1.29 is 14.2 Å². The molecule has 1 saturated carbocycles. The van der Waals surface area contributed by atoms with Crippen LogP contribution in [-0.2, 0) is 0 Å². The molecule has 4 nitrogen and oxygen atoms in total. The first kappa shape index (κ1) is 14.8. The maximum atomic E-state index is 5.39. The molecule has 0 bridgehead atoms. The van der Waals surface area contributed by atoms with Gasteiger partial charge in [0.25, 0.3) is 0 Å². The molecule has 112 valence electrons. The van der Waals surface area contributed by atoms with Crippen LogP contribution in [0.15, 0.2) is 12.1 Å². The van der Waals surface area contributed by atoms with Gasteiger partial charge in [-0.25, -0.2) is 0 Å². The molecule has 0 amide bonds. The van der Waals surface area contributed by atoms with Crippen LogP contribution in [0.25, 0.3) is 0 Å². The molecule has 0 saturated heterocycles. The maximum Gasteiger partial charge on any atom is 0.203 e. The average molecular weight is 279 g/mol. The highest BCUT2D eigenvalue weighted by Crippen LogP contribution is 2.40. The summed E-state index contributed by atoms with van der Waals surface area (Å²) in [4.78, 5) is 0. The predicted octanol–water partition coefficient (Wildman–Crippen LogP) is 3.85. The number of rotatable bonds is 5. The third kappa shape index (κ3) is 3.50. The van der Waals surface area contributed by atoms with Crippen LogP contribution in [0.1, 0.15) is 38.5 Å². The summed E-state index contributed by atoms with van der Waals surface area (Å²) in [7, 11) is 4.91. The Bertz CT molecular complexity index is 401. The molecule has 1 N–H and O–H groups in total. The molecule has 0 aliphatic heterocycles. The van der Waals surface area contributed by atoms with E-state index in [0.717, 1.165) is 5.69 Å².